The third-order valence-corrected chi connectivity index (χ3v) is 5.48. The summed E-state index contributed by atoms with van der Waals surface area (Å²) in [5, 5.41) is 2.87. The van der Waals surface area contributed by atoms with Crippen molar-refractivity contribution in [3.8, 4) is 11.5 Å². The molecule has 1 aromatic heterocycles. The monoisotopic (exact) mass is 461 g/mol. The highest BCUT2D eigenvalue weighted by molar-refractivity contribution is 5.77. The van der Waals surface area contributed by atoms with Gasteiger partial charge in [-0.3, -0.25) is 4.79 Å². The van der Waals surface area contributed by atoms with Crippen molar-refractivity contribution in [2.75, 3.05) is 24.6 Å². The van der Waals surface area contributed by atoms with Crippen molar-refractivity contribution in [2.45, 2.75) is 39.2 Å². The number of nitrogens with one attached hydrogen (secondary N) is 1. The lowest BCUT2D eigenvalue weighted by Gasteiger charge is -2.36. The van der Waals surface area contributed by atoms with Crippen LogP contribution in [0.25, 0.3) is 0 Å². The van der Waals surface area contributed by atoms with Crippen LogP contribution in [0.3, 0.4) is 0 Å². The SMILES string of the molecule is CC1CN(c2ccc(CNC(=O)COc3ccc(OCc4ccccc4)cc3)cn2)CC(C)O1. The van der Waals surface area contributed by atoms with Crippen molar-refractivity contribution in [2.24, 2.45) is 0 Å². The Bertz CT molecular complexity index is 1030. The second kappa shape index (κ2) is 11.5. The zero-order valence-electron chi connectivity index (χ0n) is 19.6. The molecule has 0 spiro atoms. The summed E-state index contributed by atoms with van der Waals surface area (Å²) in [7, 11) is 0. The molecule has 0 aliphatic carbocycles. The van der Waals surface area contributed by atoms with Crippen LogP contribution in [0.4, 0.5) is 5.82 Å². The Morgan fingerprint density at radius 3 is 2.26 bits per heavy atom. The lowest BCUT2D eigenvalue weighted by Crippen LogP contribution is -2.45. The number of aromatic nitrogens is 1. The van der Waals surface area contributed by atoms with Gasteiger partial charge in [-0.15, -0.1) is 0 Å². The summed E-state index contributed by atoms with van der Waals surface area (Å²) in [4.78, 5) is 19.0. The van der Waals surface area contributed by atoms with E-state index in [1.54, 1.807) is 18.3 Å². The van der Waals surface area contributed by atoms with Crippen molar-refractivity contribution in [3.63, 3.8) is 0 Å². The average molecular weight is 462 g/mol. The van der Waals surface area contributed by atoms with Crippen LogP contribution in [-0.2, 0) is 22.7 Å². The molecule has 1 aliphatic rings. The molecule has 1 saturated heterocycles. The van der Waals surface area contributed by atoms with Crippen molar-refractivity contribution in [1.82, 2.24) is 10.3 Å². The number of ether oxygens (including phenoxy) is 3. The van der Waals surface area contributed by atoms with Crippen molar-refractivity contribution in [1.29, 1.82) is 0 Å². The molecule has 2 atom stereocenters. The van der Waals surface area contributed by atoms with E-state index in [9.17, 15) is 4.79 Å². The van der Waals surface area contributed by atoms with E-state index < -0.39 is 0 Å². The molecule has 1 amide bonds. The first-order valence-electron chi connectivity index (χ1n) is 11.6. The lowest BCUT2D eigenvalue weighted by molar-refractivity contribution is -0.123. The lowest BCUT2D eigenvalue weighted by atomic mass is 10.2. The summed E-state index contributed by atoms with van der Waals surface area (Å²) >= 11 is 0. The highest BCUT2D eigenvalue weighted by Gasteiger charge is 2.22. The van der Waals surface area contributed by atoms with E-state index in [2.05, 4.69) is 29.0 Å². The van der Waals surface area contributed by atoms with Gasteiger partial charge in [0.1, 0.15) is 23.9 Å². The molecule has 2 unspecified atom stereocenters. The fourth-order valence-corrected chi connectivity index (χ4v) is 3.85. The van der Waals surface area contributed by atoms with Crippen LogP contribution in [0, 0.1) is 0 Å². The molecule has 7 nitrogen and oxygen atoms in total. The molecule has 0 radical (unpaired) electrons. The number of hydrogen-bond donors (Lipinski definition) is 1. The fraction of sp³-hybridized carbons (Fsp3) is 0.333. The smallest absolute Gasteiger partial charge is 0.258 e. The Balaban J connectivity index is 1.18. The van der Waals surface area contributed by atoms with E-state index in [0.29, 0.717) is 18.9 Å². The van der Waals surface area contributed by atoms with Crippen LogP contribution in [-0.4, -0.2) is 42.8 Å². The average Bonchev–Trinajstić information content (AvgIpc) is 2.86. The van der Waals surface area contributed by atoms with Gasteiger partial charge in [0.2, 0.25) is 0 Å². The molecule has 1 N–H and O–H groups in total. The summed E-state index contributed by atoms with van der Waals surface area (Å²) < 4.78 is 17.1. The molecule has 4 rings (SSSR count). The van der Waals surface area contributed by atoms with Crippen LogP contribution in [0.5, 0.6) is 11.5 Å². The number of nitrogens with zero attached hydrogens (tertiary/aromatic N) is 2. The van der Waals surface area contributed by atoms with Gasteiger partial charge < -0.3 is 24.4 Å². The molecular weight excluding hydrogens is 430 g/mol. The molecule has 7 heteroatoms. The van der Waals surface area contributed by atoms with Crippen molar-refractivity contribution >= 4 is 11.7 Å². The summed E-state index contributed by atoms with van der Waals surface area (Å²) in [6, 6.07) is 21.2. The van der Waals surface area contributed by atoms with E-state index >= 15 is 0 Å². The third-order valence-electron chi connectivity index (χ3n) is 5.48. The largest absolute Gasteiger partial charge is 0.489 e. The number of anilines is 1. The minimum Gasteiger partial charge on any atom is -0.489 e. The first-order chi connectivity index (χ1) is 16.5. The Kier molecular flexibility index (Phi) is 7.99. The normalized spacial score (nSPS) is 17.8. The summed E-state index contributed by atoms with van der Waals surface area (Å²) in [5.41, 5.74) is 2.04. The van der Waals surface area contributed by atoms with Gasteiger partial charge in [0.05, 0.1) is 12.2 Å². The maximum absolute atomic E-state index is 12.2. The van der Waals surface area contributed by atoms with E-state index in [1.807, 2.05) is 54.6 Å². The molecule has 0 bridgehead atoms. The number of carbonyl (C=O) groups excluding carboxylic acids is 1. The summed E-state index contributed by atoms with van der Waals surface area (Å²) in [6.07, 6.45) is 2.17. The number of carbonyl (C=O) groups is 1. The van der Waals surface area contributed by atoms with Crippen molar-refractivity contribution in [3.05, 3.63) is 84.1 Å². The number of rotatable bonds is 9. The van der Waals surface area contributed by atoms with E-state index in [0.717, 1.165) is 35.8 Å². The van der Waals surface area contributed by atoms with E-state index in [1.165, 1.54) is 0 Å². The first-order valence-corrected chi connectivity index (χ1v) is 11.6. The number of morpholine rings is 1. The Morgan fingerprint density at radius 1 is 0.941 bits per heavy atom. The maximum Gasteiger partial charge on any atom is 0.258 e. The highest BCUT2D eigenvalue weighted by Crippen LogP contribution is 2.20. The first kappa shape index (κ1) is 23.6. The minimum absolute atomic E-state index is 0.0563. The molecular formula is C27H31N3O4. The van der Waals surface area contributed by atoms with Crippen LogP contribution >= 0.6 is 0 Å². The fourth-order valence-electron chi connectivity index (χ4n) is 3.85. The predicted molar refractivity (Wildman–Crippen MR) is 131 cm³/mol. The van der Waals surface area contributed by atoms with Crippen LogP contribution in [0.1, 0.15) is 25.0 Å². The van der Waals surface area contributed by atoms with Gasteiger partial charge in [-0.1, -0.05) is 36.4 Å². The standard InChI is InChI=1S/C27H31N3O4/c1-20-16-30(17-21(2)34-20)26-13-8-23(14-28-26)15-29-27(31)19-33-25-11-9-24(10-12-25)32-18-22-6-4-3-5-7-22/h3-14,20-21H,15-19H2,1-2H3,(H,29,31). The molecule has 2 aromatic carbocycles. The van der Waals surface area contributed by atoms with E-state index in [4.69, 9.17) is 14.2 Å². The third kappa shape index (κ3) is 6.96. The molecule has 0 saturated carbocycles. The number of benzene rings is 2. The number of hydrogen-bond acceptors (Lipinski definition) is 6. The summed E-state index contributed by atoms with van der Waals surface area (Å²) in [5.74, 6) is 2.10. The maximum atomic E-state index is 12.2. The highest BCUT2D eigenvalue weighted by atomic mass is 16.5. The zero-order valence-corrected chi connectivity index (χ0v) is 19.6. The van der Waals surface area contributed by atoms with Gasteiger partial charge in [-0.05, 0) is 55.3 Å². The molecule has 3 aromatic rings. The van der Waals surface area contributed by atoms with Gasteiger partial charge in [0.15, 0.2) is 6.61 Å². The van der Waals surface area contributed by atoms with Gasteiger partial charge >= 0.3 is 0 Å². The molecule has 34 heavy (non-hydrogen) atoms. The minimum atomic E-state index is -0.190. The molecule has 1 fully saturated rings. The molecule has 1 aliphatic heterocycles. The zero-order chi connectivity index (χ0) is 23.8. The van der Waals surface area contributed by atoms with Crippen LogP contribution in [0.2, 0.25) is 0 Å². The second-order valence-corrected chi connectivity index (χ2v) is 8.50. The number of amides is 1. The van der Waals surface area contributed by atoms with Gasteiger partial charge in [-0.2, -0.15) is 0 Å². The topological polar surface area (TPSA) is 72.9 Å². The van der Waals surface area contributed by atoms with Gasteiger partial charge in [0, 0.05) is 25.8 Å². The number of pyridine rings is 1. The van der Waals surface area contributed by atoms with Gasteiger partial charge in [0.25, 0.3) is 5.91 Å². The van der Waals surface area contributed by atoms with Crippen LogP contribution < -0.4 is 19.7 Å². The Morgan fingerprint density at radius 2 is 1.62 bits per heavy atom. The predicted octanol–water partition coefficient (Wildman–Crippen LogP) is 3.97. The van der Waals surface area contributed by atoms with E-state index in [-0.39, 0.29) is 24.7 Å². The Hall–Kier alpha value is -3.58. The van der Waals surface area contributed by atoms with Crippen LogP contribution in [0.15, 0.2) is 72.9 Å². The second-order valence-electron chi connectivity index (χ2n) is 8.50. The van der Waals surface area contributed by atoms with Crippen molar-refractivity contribution < 1.29 is 19.0 Å². The Labute approximate surface area is 200 Å². The molecule has 2 heterocycles. The quantitative estimate of drug-likeness (QED) is 0.520. The van der Waals surface area contributed by atoms with Gasteiger partial charge in [-0.25, -0.2) is 4.98 Å². The summed E-state index contributed by atoms with van der Waals surface area (Å²) in [6.45, 7) is 6.64. The molecule has 178 valence electrons.